The third-order valence-electron chi connectivity index (χ3n) is 4.41. The number of nitrogen functional groups attached to an aromatic ring is 1. The molecule has 1 saturated heterocycles. The lowest BCUT2D eigenvalue weighted by Gasteiger charge is -2.32. The Kier molecular flexibility index (Phi) is 5.73. The van der Waals surface area contributed by atoms with E-state index in [0.29, 0.717) is 11.4 Å². The molecule has 136 valence electrons. The van der Waals surface area contributed by atoms with Gasteiger partial charge in [0.2, 0.25) is 5.91 Å². The standard InChI is InChI=1S/C16H24BN3O4S/c1-10(21)19-9-11(17-23-15(2,3)16(4,5)24-17)8-12-6-7-13(25-12)14(22)20-18/h6-8H,9,18H2,1-5H3,(H,19,21)(H,20,22). The minimum Gasteiger partial charge on any atom is -0.400 e. The molecule has 1 fully saturated rings. The minimum absolute atomic E-state index is 0.142. The lowest BCUT2D eigenvalue weighted by atomic mass is 9.77. The van der Waals surface area contributed by atoms with Crippen molar-refractivity contribution in [2.45, 2.75) is 45.8 Å². The summed E-state index contributed by atoms with van der Waals surface area (Å²) in [6.07, 6.45) is 1.87. The molecule has 0 aromatic carbocycles. The number of hydrazine groups is 1. The molecule has 2 amide bonds. The quantitative estimate of drug-likeness (QED) is 0.318. The van der Waals surface area contributed by atoms with E-state index in [0.717, 1.165) is 10.3 Å². The van der Waals surface area contributed by atoms with E-state index in [4.69, 9.17) is 15.2 Å². The first-order valence-corrected chi connectivity index (χ1v) is 8.79. The molecular formula is C16H24BN3O4S. The number of carbonyl (C=O) groups is 2. The second-order valence-corrected chi connectivity index (χ2v) is 8.01. The number of nitrogens with two attached hydrogens (primary N) is 1. The Labute approximate surface area is 152 Å². The Hall–Kier alpha value is -1.68. The molecule has 0 bridgehead atoms. The molecule has 0 unspecified atom stereocenters. The van der Waals surface area contributed by atoms with Crippen LogP contribution in [-0.4, -0.2) is 36.7 Å². The van der Waals surface area contributed by atoms with Crippen molar-refractivity contribution in [3.63, 3.8) is 0 Å². The molecule has 1 aliphatic heterocycles. The van der Waals surface area contributed by atoms with Crippen molar-refractivity contribution in [3.05, 3.63) is 27.4 Å². The smallest absolute Gasteiger partial charge is 0.400 e. The number of rotatable bonds is 5. The highest BCUT2D eigenvalue weighted by molar-refractivity contribution is 7.14. The van der Waals surface area contributed by atoms with Gasteiger partial charge in [-0.2, -0.15) is 0 Å². The van der Waals surface area contributed by atoms with Gasteiger partial charge >= 0.3 is 7.12 Å². The highest BCUT2D eigenvalue weighted by atomic mass is 32.1. The molecule has 25 heavy (non-hydrogen) atoms. The zero-order valence-electron chi connectivity index (χ0n) is 15.1. The summed E-state index contributed by atoms with van der Waals surface area (Å²) in [4.78, 5) is 24.3. The van der Waals surface area contributed by atoms with E-state index < -0.39 is 18.3 Å². The van der Waals surface area contributed by atoms with Gasteiger partial charge in [-0.15, -0.1) is 11.3 Å². The summed E-state index contributed by atoms with van der Waals surface area (Å²) < 4.78 is 12.1. The molecule has 0 saturated carbocycles. The van der Waals surface area contributed by atoms with Crippen LogP contribution in [0.5, 0.6) is 0 Å². The van der Waals surface area contributed by atoms with E-state index in [2.05, 4.69) is 10.7 Å². The number of carbonyl (C=O) groups excluding carboxylic acids is 2. The van der Waals surface area contributed by atoms with Crippen molar-refractivity contribution < 1.29 is 18.9 Å². The Morgan fingerprint density at radius 2 is 1.84 bits per heavy atom. The number of hydrogen-bond donors (Lipinski definition) is 3. The lowest BCUT2D eigenvalue weighted by Crippen LogP contribution is -2.41. The van der Waals surface area contributed by atoms with Crippen molar-refractivity contribution in [2.75, 3.05) is 6.54 Å². The molecule has 2 rings (SSSR count). The lowest BCUT2D eigenvalue weighted by molar-refractivity contribution is -0.118. The Balaban J connectivity index is 2.28. The largest absolute Gasteiger partial charge is 0.492 e. The molecule has 0 radical (unpaired) electrons. The fraction of sp³-hybridized carbons (Fsp3) is 0.500. The predicted octanol–water partition coefficient (Wildman–Crippen LogP) is 1.50. The predicted molar refractivity (Wildman–Crippen MR) is 98.7 cm³/mol. The maximum Gasteiger partial charge on any atom is 0.492 e. The highest BCUT2D eigenvalue weighted by Crippen LogP contribution is 2.39. The highest BCUT2D eigenvalue weighted by Gasteiger charge is 2.52. The van der Waals surface area contributed by atoms with E-state index in [9.17, 15) is 9.59 Å². The molecule has 0 atom stereocenters. The second-order valence-electron chi connectivity index (χ2n) is 6.89. The molecule has 9 heteroatoms. The molecule has 0 aliphatic carbocycles. The van der Waals surface area contributed by atoms with Crippen molar-refractivity contribution in [2.24, 2.45) is 5.84 Å². The fourth-order valence-corrected chi connectivity index (χ4v) is 3.12. The van der Waals surface area contributed by atoms with Gasteiger partial charge in [0.05, 0.1) is 16.1 Å². The summed E-state index contributed by atoms with van der Waals surface area (Å²) in [5, 5.41) is 2.78. The number of hydrogen-bond acceptors (Lipinski definition) is 6. The first-order valence-electron chi connectivity index (χ1n) is 7.97. The average molecular weight is 365 g/mol. The number of nitrogens with one attached hydrogen (secondary N) is 2. The summed E-state index contributed by atoms with van der Waals surface area (Å²) >= 11 is 1.29. The molecule has 2 heterocycles. The van der Waals surface area contributed by atoms with Crippen LogP contribution in [0.4, 0.5) is 0 Å². The minimum atomic E-state index is -0.578. The maximum atomic E-state index is 11.6. The zero-order valence-corrected chi connectivity index (χ0v) is 16.0. The van der Waals surface area contributed by atoms with Crippen molar-refractivity contribution in [1.29, 1.82) is 0 Å². The van der Waals surface area contributed by atoms with Crippen LogP contribution >= 0.6 is 11.3 Å². The summed E-state index contributed by atoms with van der Waals surface area (Å²) in [5.74, 6) is 4.67. The SMILES string of the molecule is CC(=O)NCC(=Cc1ccc(C(=O)NN)s1)B1OC(C)(C)C(C)(C)O1. The molecular weight excluding hydrogens is 341 g/mol. The van der Waals surface area contributed by atoms with Gasteiger partial charge in [0.1, 0.15) is 0 Å². The van der Waals surface area contributed by atoms with Crippen LogP contribution in [0.2, 0.25) is 0 Å². The topological polar surface area (TPSA) is 103 Å². The van der Waals surface area contributed by atoms with Crippen molar-refractivity contribution in [3.8, 4) is 0 Å². The average Bonchev–Trinajstić information content (AvgIpc) is 3.05. The van der Waals surface area contributed by atoms with Crippen LogP contribution in [0.15, 0.2) is 17.6 Å². The first-order chi connectivity index (χ1) is 11.6. The number of thiophene rings is 1. The zero-order chi connectivity index (χ0) is 18.8. The number of amides is 2. The van der Waals surface area contributed by atoms with Gasteiger partial charge in [-0.05, 0) is 51.4 Å². The fourth-order valence-electron chi connectivity index (χ4n) is 2.23. The Bertz CT molecular complexity index is 683. The van der Waals surface area contributed by atoms with Crippen LogP contribution in [0.3, 0.4) is 0 Å². The molecule has 0 spiro atoms. The van der Waals surface area contributed by atoms with E-state index in [1.807, 2.05) is 39.8 Å². The van der Waals surface area contributed by atoms with Crippen LogP contribution < -0.4 is 16.6 Å². The third kappa shape index (κ3) is 4.49. The van der Waals surface area contributed by atoms with Gasteiger partial charge < -0.3 is 14.6 Å². The van der Waals surface area contributed by atoms with Crippen LogP contribution in [-0.2, 0) is 14.1 Å². The van der Waals surface area contributed by atoms with E-state index in [-0.39, 0.29) is 11.8 Å². The van der Waals surface area contributed by atoms with Gasteiger partial charge in [0.15, 0.2) is 0 Å². The van der Waals surface area contributed by atoms with Gasteiger partial charge in [-0.25, -0.2) is 5.84 Å². The summed E-state index contributed by atoms with van der Waals surface area (Å²) in [5.41, 5.74) is 1.92. The third-order valence-corrected chi connectivity index (χ3v) is 5.44. The monoisotopic (exact) mass is 365 g/mol. The van der Waals surface area contributed by atoms with Crippen molar-refractivity contribution in [1.82, 2.24) is 10.7 Å². The van der Waals surface area contributed by atoms with Crippen LogP contribution in [0, 0.1) is 0 Å². The molecule has 4 N–H and O–H groups in total. The summed E-state index contributed by atoms with van der Waals surface area (Å²) in [7, 11) is -0.578. The Morgan fingerprint density at radius 3 is 2.36 bits per heavy atom. The van der Waals surface area contributed by atoms with Crippen molar-refractivity contribution >= 4 is 36.3 Å². The van der Waals surface area contributed by atoms with Crippen LogP contribution in [0.25, 0.3) is 6.08 Å². The van der Waals surface area contributed by atoms with Gasteiger partial charge in [-0.3, -0.25) is 15.0 Å². The van der Waals surface area contributed by atoms with E-state index >= 15 is 0 Å². The van der Waals surface area contributed by atoms with Gasteiger partial charge in [0.25, 0.3) is 5.91 Å². The first kappa shape index (κ1) is 19.6. The van der Waals surface area contributed by atoms with E-state index in [1.165, 1.54) is 18.3 Å². The second kappa shape index (κ2) is 7.29. The molecule has 1 aromatic heterocycles. The normalized spacial score (nSPS) is 19.0. The van der Waals surface area contributed by atoms with E-state index in [1.54, 1.807) is 6.07 Å². The van der Waals surface area contributed by atoms with Gasteiger partial charge in [0, 0.05) is 18.3 Å². The van der Waals surface area contributed by atoms with Crippen LogP contribution in [0.1, 0.15) is 49.2 Å². The maximum absolute atomic E-state index is 11.6. The summed E-state index contributed by atoms with van der Waals surface area (Å²) in [6, 6.07) is 3.51. The molecule has 1 aromatic rings. The van der Waals surface area contributed by atoms with Gasteiger partial charge in [-0.1, -0.05) is 0 Å². The molecule has 7 nitrogen and oxygen atoms in total. The molecule has 1 aliphatic rings. The Morgan fingerprint density at radius 1 is 1.24 bits per heavy atom. The summed E-state index contributed by atoms with van der Waals surface area (Å²) in [6.45, 7) is 9.63.